The number of nitrogens with zero attached hydrogens (tertiary/aromatic N) is 1. The molecule has 5 aliphatic rings. The summed E-state index contributed by atoms with van der Waals surface area (Å²) in [6, 6.07) is 0. The summed E-state index contributed by atoms with van der Waals surface area (Å²) in [7, 11) is 0. The van der Waals surface area contributed by atoms with Gasteiger partial charge < -0.3 is 19.6 Å². The first-order chi connectivity index (χ1) is 22.6. The molecule has 1 aromatic heterocycles. The highest BCUT2D eigenvalue weighted by Gasteiger charge is 2.70. The van der Waals surface area contributed by atoms with Crippen LogP contribution in [0.4, 0.5) is 0 Å². The van der Waals surface area contributed by atoms with Gasteiger partial charge in [0.25, 0.3) is 5.91 Å². The van der Waals surface area contributed by atoms with Crippen molar-refractivity contribution in [1.82, 2.24) is 10.3 Å². The first-order valence-corrected chi connectivity index (χ1v) is 18.6. The summed E-state index contributed by atoms with van der Waals surface area (Å²) in [5, 5.41) is 12.9. The summed E-state index contributed by atoms with van der Waals surface area (Å²) in [6.45, 7) is 21.1. The number of ether oxygens (including phenoxy) is 1. The second kappa shape index (κ2) is 11.5. The van der Waals surface area contributed by atoms with E-state index >= 15 is 0 Å². The zero-order chi connectivity index (χ0) is 36.1. The number of aromatic nitrogens is 1. The van der Waals surface area contributed by atoms with Crippen LogP contribution in [0.15, 0.2) is 21.8 Å². The number of carboxylic acid groups (broad SMARTS) is 1. The quantitative estimate of drug-likeness (QED) is 0.278. The van der Waals surface area contributed by atoms with Crippen LogP contribution in [-0.4, -0.2) is 45.4 Å². The van der Waals surface area contributed by atoms with Gasteiger partial charge in [-0.25, -0.2) is 4.98 Å². The Morgan fingerprint density at radius 3 is 2.31 bits per heavy atom. The maximum Gasteiger partial charge on any atom is 0.309 e. The average molecular weight is 679 g/mol. The lowest BCUT2D eigenvalue weighted by molar-refractivity contribution is -0.232. The Balaban J connectivity index is 1.30. The van der Waals surface area contributed by atoms with Crippen LogP contribution in [0.3, 0.4) is 0 Å². The van der Waals surface area contributed by atoms with Crippen LogP contribution in [0, 0.1) is 57.7 Å². The Hall–Kier alpha value is -2.97. The summed E-state index contributed by atoms with van der Waals surface area (Å²) in [5.41, 5.74) is 0.232. The molecule has 6 rings (SSSR count). The molecule has 1 amide bonds. The van der Waals surface area contributed by atoms with Crippen LogP contribution in [0.1, 0.15) is 143 Å². The van der Waals surface area contributed by atoms with Crippen molar-refractivity contribution in [2.45, 2.75) is 145 Å². The number of aryl methyl sites for hydroxylation is 1. The van der Waals surface area contributed by atoms with E-state index in [1.165, 1.54) is 11.8 Å². The number of fused-ring (bicyclic) bond motifs is 7. The Morgan fingerprint density at radius 2 is 1.69 bits per heavy atom. The molecule has 270 valence electrons. The maximum atomic E-state index is 13.9. The molecule has 3 unspecified atom stereocenters. The summed E-state index contributed by atoms with van der Waals surface area (Å²) in [5.74, 6) is -0.0464. The third-order valence-corrected chi connectivity index (χ3v) is 15.0. The second-order valence-electron chi connectivity index (χ2n) is 18.7. The predicted molar refractivity (Wildman–Crippen MR) is 184 cm³/mol. The van der Waals surface area contributed by atoms with E-state index in [4.69, 9.17) is 9.15 Å². The number of aliphatic carboxylic acids is 1. The van der Waals surface area contributed by atoms with Crippen molar-refractivity contribution >= 4 is 23.6 Å². The molecular formula is C40H58N2O7. The van der Waals surface area contributed by atoms with Gasteiger partial charge in [0.2, 0.25) is 0 Å². The number of oxazole rings is 1. The van der Waals surface area contributed by atoms with E-state index in [-0.39, 0.29) is 63.4 Å². The number of ketones is 1. The molecule has 49 heavy (non-hydrogen) atoms. The van der Waals surface area contributed by atoms with Gasteiger partial charge in [0.05, 0.1) is 17.4 Å². The SMILES string of the molecule is Cc1nc(C(=O)N[C@@]23CC[C@]4(C)C(CCC5[C@@]6(C)CC[C@H](OC(=O)CC(C)(C)C(=O)O)C(C)(C)C6CC[C@]54C)C2=C(C(C)C)C(=O)C3)co1. The third-order valence-electron chi connectivity index (χ3n) is 15.0. The van der Waals surface area contributed by atoms with E-state index in [0.29, 0.717) is 24.1 Å². The normalized spacial score (nSPS) is 38.3. The fourth-order valence-electron chi connectivity index (χ4n) is 12.3. The van der Waals surface area contributed by atoms with Crippen LogP contribution in [0.25, 0.3) is 0 Å². The van der Waals surface area contributed by atoms with Crippen LogP contribution >= 0.6 is 0 Å². The predicted octanol–water partition coefficient (Wildman–Crippen LogP) is 7.86. The highest BCUT2D eigenvalue weighted by atomic mass is 16.5. The molecule has 0 saturated heterocycles. The van der Waals surface area contributed by atoms with Crippen molar-refractivity contribution in [2.75, 3.05) is 0 Å². The summed E-state index contributed by atoms with van der Waals surface area (Å²) in [4.78, 5) is 56.5. The van der Waals surface area contributed by atoms with Crippen molar-refractivity contribution in [3.8, 4) is 0 Å². The number of carbonyl (C=O) groups excluding carboxylic acids is 3. The minimum Gasteiger partial charge on any atom is -0.481 e. The van der Waals surface area contributed by atoms with E-state index < -0.39 is 22.9 Å². The lowest BCUT2D eigenvalue weighted by atomic mass is 9.33. The van der Waals surface area contributed by atoms with E-state index in [9.17, 15) is 24.3 Å². The minimum atomic E-state index is -1.17. The van der Waals surface area contributed by atoms with Gasteiger partial charge in [-0.15, -0.1) is 0 Å². The maximum absolute atomic E-state index is 13.9. The largest absolute Gasteiger partial charge is 0.481 e. The Bertz CT molecular complexity index is 1600. The highest BCUT2D eigenvalue weighted by Crippen LogP contribution is 2.76. The molecule has 0 bridgehead atoms. The van der Waals surface area contributed by atoms with Crippen LogP contribution in [0.5, 0.6) is 0 Å². The number of hydrogen-bond donors (Lipinski definition) is 2. The van der Waals surface area contributed by atoms with Crippen LogP contribution in [0.2, 0.25) is 0 Å². The number of carbonyl (C=O) groups is 4. The molecule has 9 heteroatoms. The van der Waals surface area contributed by atoms with Crippen molar-refractivity contribution in [3.63, 3.8) is 0 Å². The number of nitrogens with one attached hydrogen (secondary N) is 1. The Labute approximate surface area is 291 Å². The second-order valence-corrected chi connectivity index (χ2v) is 18.7. The molecule has 0 radical (unpaired) electrons. The van der Waals surface area contributed by atoms with Gasteiger partial charge in [0.15, 0.2) is 17.4 Å². The van der Waals surface area contributed by atoms with Gasteiger partial charge in [-0.1, -0.05) is 48.5 Å². The molecule has 8 atom stereocenters. The highest BCUT2D eigenvalue weighted by molar-refractivity contribution is 6.03. The van der Waals surface area contributed by atoms with Gasteiger partial charge in [0, 0.05) is 18.8 Å². The molecule has 1 aromatic rings. The van der Waals surface area contributed by atoms with Crippen molar-refractivity contribution in [2.24, 2.45) is 50.7 Å². The molecule has 4 fully saturated rings. The first-order valence-electron chi connectivity index (χ1n) is 18.6. The molecule has 0 aromatic carbocycles. The van der Waals surface area contributed by atoms with Crippen molar-refractivity contribution in [3.05, 3.63) is 29.0 Å². The van der Waals surface area contributed by atoms with Gasteiger partial charge in [-0.3, -0.25) is 19.2 Å². The number of hydrogen-bond acceptors (Lipinski definition) is 7. The first kappa shape index (κ1) is 35.8. The lowest BCUT2D eigenvalue weighted by Crippen LogP contribution is -2.67. The Morgan fingerprint density at radius 1 is 1.00 bits per heavy atom. The standard InChI is InChI=1S/C40H58N2O7/c1-22(2)31-26(43)19-40(42-33(45)25-21-48-23(3)41-25)18-17-38(9)24(32(31)40)11-12-28-37(8)15-14-29(49-30(44)20-35(4,5)34(46)47)36(6,7)27(37)13-16-39(28,38)10/h21-22,24,27-29H,11-20H2,1-10H3,(H,42,45)(H,46,47)/t24?,27?,28?,29-,37-,38+,39+,40+/m0/s1. The fraction of sp³-hybridized carbons (Fsp3) is 0.775. The third kappa shape index (κ3) is 5.25. The monoisotopic (exact) mass is 678 g/mol. The van der Waals surface area contributed by atoms with E-state index in [2.05, 4.69) is 58.8 Å². The van der Waals surface area contributed by atoms with Gasteiger partial charge >= 0.3 is 11.9 Å². The van der Waals surface area contributed by atoms with Gasteiger partial charge in [-0.2, -0.15) is 0 Å². The summed E-state index contributed by atoms with van der Waals surface area (Å²) < 4.78 is 11.5. The van der Waals surface area contributed by atoms with Crippen LogP contribution in [-0.2, 0) is 19.1 Å². The van der Waals surface area contributed by atoms with E-state index in [1.54, 1.807) is 20.8 Å². The number of Topliss-reactive ketones (excluding diaryl/α,β-unsaturated/α-hetero) is 1. The van der Waals surface area contributed by atoms with E-state index in [0.717, 1.165) is 56.9 Å². The molecule has 0 spiro atoms. The average Bonchev–Trinajstić information content (AvgIpc) is 3.55. The zero-order valence-electron chi connectivity index (χ0n) is 31.4. The number of allylic oxidation sites excluding steroid dienone is 1. The minimum absolute atomic E-state index is 0.0202. The topological polar surface area (TPSA) is 136 Å². The van der Waals surface area contributed by atoms with Crippen LogP contribution < -0.4 is 5.32 Å². The summed E-state index contributed by atoms with van der Waals surface area (Å²) >= 11 is 0. The Kier molecular flexibility index (Phi) is 8.43. The molecule has 1 heterocycles. The van der Waals surface area contributed by atoms with Gasteiger partial charge in [-0.05, 0) is 116 Å². The zero-order valence-corrected chi connectivity index (χ0v) is 31.4. The number of rotatable bonds is 7. The molecular weight excluding hydrogens is 620 g/mol. The molecule has 4 saturated carbocycles. The number of carboxylic acids is 1. The molecule has 9 nitrogen and oxygen atoms in total. The molecule has 0 aliphatic heterocycles. The molecule has 2 N–H and O–H groups in total. The lowest BCUT2D eigenvalue weighted by Gasteiger charge is -2.72. The number of esters is 1. The smallest absolute Gasteiger partial charge is 0.309 e. The summed E-state index contributed by atoms with van der Waals surface area (Å²) in [6.07, 6.45) is 8.77. The van der Waals surface area contributed by atoms with Crippen molar-refractivity contribution < 1.29 is 33.4 Å². The molecule has 5 aliphatic carbocycles. The fourth-order valence-corrected chi connectivity index (χ4v) is 12.3. The van der Waals surface area contributed by atoms with Gasteiger partial charge in [0.1, 0.15) is 12.4 Å². The number of amides is 1. The van der Waals surface area contributed by atoms with E-state index in [1.807, 2.05) is 0 Å². The van der Waals surface area contributed by atoms with Crippen molar-refractivity contribution in [1.29, 1.82) is 0 Å².